The molecule has 0 aliphatic heterocycles. The highest BCUT2D eigenvalue weighted by molar-refractivity contribution is 5.35. The zero-order chi connectivity index (χ0) is 14.3. The van der Waals surface area contributed by atoms with Gasteiger partial charge in [-0.1, -0.05) is 55.0 Å². The molecule has 1 rings (SSSR count). The molecule has 1 N–H and O–H groups in total. The fourth-order valence-electron chi connectivity index (χ4n) is 1.96. The van der Waals surface area contributed by atoms with Crippen LogP contribution in [0.4, 0.5) is 0 Å². The van der Waals surface area contributed by atoms with Crippen molar-refractivity contribution in [2.75, 3.05) is 0 Å². The van der Waals surface area contributed by atoms with E-state index in [4.69, 9.17) is 0 Å². The number of rotatable bonds is 6. The third-order valence-electron chi connectivity index (χ3n) is 3.46. The van der Waals surface area contributed by atoms with E-state index in [0.29, 0.717) is 6.42 Å². The summed E-state index contributed by atoms with van der Waals surface area (Å²) in [5, 5.41) is 9.39. The van der Waals surface area contributed by atoms with E-state index >= 15 is 0 Å². The van der Waals surface area contributed by atoms with Crippen LogP contribution in [0.15, 0.2) is 60.3 Å². The third kappa shape index (κ3) is 5.89. The molecule has 0 saturated carbocycles. The molecule has 1 nitrogen and oxygen atoms in total. The van der Waals surface area contributed by atoms with E-state index in [9.17, 15) is 5.11 Å². The molecule has 0 heterocycles. The summed E-state index contributed by atoms with van der Waals surface area (Å²) in [4.78, 5) is 0. The van der Waals surface area contributed by atoms with E-state index in [1.165, 1.54) is 11.1 Å². The molecule has 0 radical (unpaired) electrons. The molecule has 0 aromatic carbocycles. The Morgan fingerprint density at radius 1 is 1.53 bits per heavy atom. The van der Waals surface area contributed by atoms with Gasteiger partial charge in [-0.05, 0) is 38.7 Å². The lowest BCUT2D eigenvalue weighted by Gasteiger charge is -2.21. The van der Waals surface area contributed by atoms with Gasteiger partial charge in [0.25, 0.3) is 0 Å². The Kier molecular flexibility index (Phi) is 6.04. The van der Waals surface area contributed by atoms with E-state index in [2.05, 4.69) is 51.7 Å². The third-order valence-corrected chi connectivity index (χ3v) is 3.46. The Bertz CT molecular complexity index is 419. The molecule has 0 saturated heterocycles. The summed E-state index contributed by atoms with van der Waals surface area (Å²) >= 11 is 0. The summed E-state index contributed by atoms with van der Waals surface area (Å²) in [7, 11) is 0. The molecular formula is C18H26O. The van der Waals surface area contributed by atoms with Gasteiger partial charge in [-0.25, -0.2) is 0 Å². The fourth-order valence-corrected chi connectivity index (χ4v) is 1.96. The zero-order valence-corrected chi connectivity index (χ0v) is 12.4. The van der Waals surface area contributed by atoms with Crippen LogP contribution in [-0.4, -0.2) is 11.2 Å². The SMILES string of the molecule is C=CC(C)(/C=C/C1=CCC(O)C=C1)CCC=C(C)C. The minimum Gasteiger partial charge on any atom is -0.389 e. The minimum absolute atomic E-state index is 0.0245. The second kappa shape index (κ2) is 7.30. The van der Waals surface area contributed by atoms with E-state index in [0.717, 1.165) is 12.8 Å². The highest BCUT2D eigenvalue weighted by atomic mass is 16.3. The van der Waals surface area contributed by atoms with Gasteiger partial charge in [0, 0.05) is 5.41 Å². The standard InChI is InChI=1S/C18H26O/c1-5-18(4,13-6-7-15(2)3)14-12-16-8-10-17(19)11-9-16/h5,7-10,12,14,17,19H,1,6,11,13H2,2-4H3/b14-12+. The minimum atomic E-state index is -0.319. The first-order valence-corrected chi connectivity index (χ1v) is 6.98. The van der Waals surface area contributed by atoms with Crippen molar-refractivity contribution >= 4 is 0 Å². The average molecular weight is 258 g/mol. The van der Waals surface area contributed by atoms with Gasteiger partial charge in [-0.3, -0.25) is 0 Å². The summed E-state index contributed by atoms with van der Waals surface area (Å²) in [6, 6.07) is 0. The van der Waals surface area contributed by atoms with Gasteiger partial charge in [0.2, 0.25) is 0 Å². The van der Waals surface area contributed by atoms with Gasteiger partial charge < -0.3 is 5.11 Å². The van der Waals surface area contributed by atoms with Gasteiger partial charge in [0.15, 0.2) is 0 Å². The first-order valence-electron chi connectivity index (χ1n) is 6.98. The molecule has 0 fully saturated rings. The van der Waals surface area contributed by atoms with Crippen LogP contribution >= 0.6 is 0 Å². The molecule has 0 aromatic heterocycles. The number of hydrogen-bond donors (Lipinski definition) is 1. The molecule has 19 heavy (non-hydrogen) atoms. The van der Waals surface area contributed by atoms with Crippen molar-refractivity contribution in [1.82, 2.24) is 0 Å². The zero-order valence-electron chi connectivity index (χ0n) is 12.4. The van der Waals surface area contributed by atoms with Crippen molar-refractivity contribution in [3.05, 3.63) is 60.3 Å². The van der Waals surface area contributed by atoms with Gasteiger partial charge in [-0.15, -0.1) is 6.58 Å². The molecule has 0 aromatic rings. The second-order valence-corrected chi connectivity index (χ2v) is 5.73. The lowest BCUT2D eigenvalue weighted by atomic mass is 9.84. The predicted octanol–water partition coefficient (Wildman–Crippen LogP) is 4.73. The van der Waals surface area contributed by atoms with Crippen LogP contribution < -0.4 is 0 Å². The Balaban J connectivity index is 2.62. The highest BCUT2D eigenvalue weighted by Gasteiger charge is 2.15. The van der Waals surface area contributed by atoms with Gasteiger partial charge in [0.05, 0.1) is 6.10 Å². The Hall–Kier alpha value is -1.34. The van der Waals surface area contributed by atoms with Crippen LogP contribution in [-0.2, 0) is 0 Å². The fraction of sp³-hybridized carbons (Fsp3) is 0.444. The maximum atomic E-state index is 9.39. The maximum Gasteiger partial charge on any atom is 0.0758 e. The van der Waals surface area contributed by atoms with E-state index in [-0.39, 0.29) is 11.5 Å². The molecule has 2 unspecified atom stereocenters. The van der Waals surface area contributed by atoms with Gasteiger partial charge in [-0.2, -0.15) is 0 Å². The van der Waals surface area contributed by atoms with Crippen LogP contribution in [0.1, 0.15) is 40.0 Å². The van der Waals surface area contributed by atoms with Crippen LogP contribution in [0.2, 0.25) is 0 Å². The Morgan fingerprint density at radius 3 is 2.79 bits per heavy atom. The monoisotopic (exact) mass is 258 g/mol. The smallest absolute Gasteiger partial charge is 0.0758 e. The number of hydrogen-bond acceptors (Lipinski definition) is 1. The molecule has 0 spiro atoms. The maximum absolute atomic E-state index is 9.39. The Labute approximate surface area is 117 Å². The summed E-state index contributed by atoms with van der Waals surface area (Å²) in [5.41, 5.74) is 2.55. The lowest BCUT2D eigenvalue weighted by Crippen LogP contribution is -2.09. The van der Waals surface area contributed by atoms with Crippen molar-refractivity contribution < 1.29 is 5.11 Å². The number of aliphatic hydroxyl groups excluding tert-OH is 1. The summed E-state index contributed by atoms with van der Waals surface area (Å²) in [6.07, 6.45) is 17.0. The summed E-state index contributed by atoms with van der Waals surface area (Å²) in [5.74, 6) is 0. The van der Waals surface area contributed by atoms with Crippen molar-refractivity contribution in [3.8, 4) is 0 Å². The average Bonchev–Trinajstić information content (AvgIpc) is 2.38. The lowest BCUT2D eigenvalue weighted by molar-refractivity contribution is 0.225. The highest BCUT2D eigenvalue weighted by Crippen LogP contribution is 2.28. The molecular weight excluding hydrogens is 232 g/mol. The first-order chi connectivity index (χ1) is 8.95. The largest absolute Gasteiger partial charge is 0.389 e. The van der Waals surface area contributed by atoms with Crippen molar-refractivity contribution in [3.63, 3.8) is 0 Å². The summed E-state index contributed by atoms with van der Waals surface area (Å²) in [6.45, 7) is 10.4. The predicted molar refractivity (Wildman–Crippen MR) is 84.0 cm³/mol. The van der Waals surface area contributed by atoms with Crippen LogP contribution in [0.5, 0.6) is 0 Å². The quantitative estimate of drug-likeness (QED) is 0.683. The van der Waals surface area contributed by atoms with E-state index < -0.39 is 0 Å². The van der Waals surface area contributed by atoms with Crippen LogP contribution in [0, 0.1) is 5.41 Å². The molecule has 2 atom stereocenters. The second-order valence-electron chi connectivity index (χ2n) is 5.73. The van der Waals surface area contributed by atoms with Crippen molar-refractivity contribution in [2.24, 2.45) is 5.41 Å². The molecule has 0 bridgehead atoms. The molecule has 0 amide bonds. The van der Waals surface area contributed by atoms with Crippen LogP contribution in [0.3, 0.4) is 0 Å². The molecule has 1 aliphatic rings. The van der Waals surface area contributed by atoms with Crippen molar-refractivity contribution in [2.45, 2.75) is 46.1 Å². The van der Waals surface area contributed by atoms with E-state index in [1.54, 1.807) is 0 Å². The van der Waals surface area contributed by atoms with Crippen LogP contribution in [0.25, 0.3) is 0 Å². The van der Waals surface area contributed by atoms with E-state index in [1.807, 2.05) is 18.2 Å². The normalized spacial score (nSPS) is 21.9. The van der Waals surface area contributed by atoms with Gasteiger partial charge in [0.1, 0.15) is 0 Å². The molecule has 104 valence electrons. The number of allylic oxidation sites excluding steroid dienone is 7. The molecule has 1 aliphatic carbocycles. The van der Waals surface area contributed by atoms with Crippen molar-refractivity contribution in [1.29, 1.82) is 0 Å². The number of aliphatic hydroxyl groups is 1. The topological polar surface area (TPSA) is 20.2 Å². The van der Waals surface area contributed by atoms with Gasteiger partial charge >= 0.3 is 0 Å². The molecule has 1 heteroatoms. The summed E-state index contributed by atoms with van der Waals surface area (Å²) < 4.78 is 0. The first kappa shape index (κ1) is 15.7. The Morgan fingerprint density at radius 2 is 2.26 bits per heavy atom.